The van der Waals surface area contributed by atoms with Crippen molar-refractivity contribution in [1.29, 1.82) is 0 Å². The van der Waals surface area contributed by atoms with E-state index in [9.17, 15) is 0 Å². The monoisotopic (exact) mass is 973 g/mol. The zero-order valence-electron chi connectivity index (χ0n) is 33.9. The van der Waals surface area contributed by atoms with Crippen LogP contribution in [0.5, 0.6) is 0 Å². The first-order chi connectivity index (χ1) is 30.1. The van der Waals surface area contributed by atoms with Gasteiger partial charge in [0.1, 0.15) is 0 Å². The van der Waals surface area contributed by atoms with Crippen LogP contribution in [0.15, 0.2) is 200 Å². The molecule has 4 aliphatic rings. The number of fused-ring (bicyclic) bond motifs is 23. The Kier molecular flexibility index (Phi) is 8.24. The topological polar surface area (TPSA) is 54.0 Å². The van der Waals surface area contributed by atoms with Crippen molar-refractivity contribution in [3.05, 3.63) is 244 Å². The van der Waals surface area contributed by atoms with Crippen LogP contribution in [0.25, 0.3) is 71.4 Å². The minimum Gasteiger partial charge on any atom is -0.666 e. The molecule has 2 aromatic heterocycles. The number of benzene rings is 7. The van der Waals surface area contributed by atoms with Crippen molar-refractivity contribution in [2.75, 3.05) is 0 Å². The van der Waals surface area contributed by atoms with E-state index in [2.05, 4.69) is 201 Å². The van der Waals surface area contributed by atoms with Crippen molar-refractivity contribution in [2.45, 2.75) is 24.4 Å². The van der Waals surface area contributed by atoms with Crippen molar-refractivity contribution < 1.29 is 21.1 Å². The number of rotatable bonds is 0. The predicted octanol–water partition coefficient (Wildman–Crippen LogP) is 14.7. The smallest absolute Gasteiger partial charge is 0.666 e. The van der Waals surface area contributed by atoms with E-state index in [0.29, 0.717) is 5.92 Å². The van der Waals surface area contributed by atoms with Crippen LogP contribution >= 0.6 is 0 Å². The summed E-state index contributed by atoms with van der Waals surface area (Å²) < 4.78 is 0. The third-order valence-corrected chi connectivity index (χ3v) is 13.6. The minimum absolute atomic E-state index is 0. The molecule has 0 radical (unpaired) electrons. The molecule has 1 aliphatic heterocycles. The molecule has 0 saturated carbocycles. The van der Waals surface area contributed by atoms with Gasteiger partial charge in [-0.05, 0) is 125 Å². The van der Waals surface area contributed by atoms with E-state index in [4.69, 9.17) is 20.6 Å². The van der Waals surface area contributed by atoms with Gasteiger partial charge in [-0.15, -0.1) is 11.4 Å². The molecule has 0 fully saturated rings. The molecule has 0 N–H and O–H groups in total. The number of hydrogen-bond donors (Lipinski definition) is 0. The van der Waals surface area contributed by atoms with Crippen molar-refractivity contribution in [1.82, 2.24) is 9.97 Å². The fraction of sp³-hybridized carbons (Fsp3) is 0.0877. The molecule has 4 nitrogen and oxygen atoms in total. The number of hydrogen-bond acceptors (Lipinski definition) is 2. The van der Waals surface area contributed by atoms with Crippen LogP contribution in [-0.4, -0.2) is 9.97 Å². The van der Waals surface area contributed by atoms with Gasteiger partial charge in [0.25, 0.3) is 0 Å². The maximum atomic E-state index is 6.14. The first kappa shape index (κ1) is 36.9. The third-order valence-electron chi connectivity index (χ3n) is 13.6. The average Bonchev–Trinajstić information content (AvgIpc) is 3.77. The van der Waals surface area contributed by atoms with Crippen LogP contribution < -0.4 is 0 Å². The average molecular weight is 974 g/mol. The number of aromatic nitrogens is 2. The fourth-order valence-electron chi connectivity index (χ4n) is 11.0. The molecule has 9 aromatic rings. The van der Waals surface area contributed by atoms with Gasteiger partial charge in [0.05, 0.1) is 11.4 Å². The van der Waals surface area contributed by atoms with Gasteiger partial charge in [0.15, 0.2) is 0 Å². The molecule has 2 spiro atoms. The Morgan fingerprint density at radius 3 is 1.52 bits per heavy atom. The van der Waals surface area contributed by atoms with E-state index in [1.807, 2.05) is 0 Å². The Hall–Kier alpha value is -6.87. The zero-order valence-corrected chi connectivity index (χ0v) is 36.1. The normalized spacial score (nSPS) is 18.4. The van der Waals surface area contributed by atoms with Crippen LogP contribution in [0.3, 0.4) is 0 Å². The molecule has 0 saturated heterocycles. The summed E-state index contributed by atoms with van der Waals surface area (Å²) in [5.41, 5.74) is 14.7. The molecule has 3 aliphatic carbocycles. The Bertz CT molecular complexity index is 3350. The molecule has 62 heavy (non-hydrogen) atoms. The molecule has 2 atom stereocenters. The molecular weight excluding hydrogens is 936 g/mol. The predicted molar refractivity (Wildman–Crippen MR) is 249 cm³/mol. The van der Waals surface area contributed by atoms with Crippen LogP contribution in [0.4, 0.5) is 11.4 Å². The molecule has 7 aromatic carbocycles. The molecule has 296 valence electrons. The van der Waals surface area contributed by atoms with Crippen molar-refractivity contribution >= 4 is 38.5 Å². The van der Waals surface area contributed by atoms with E-state index in [1.165, 1.54) is 27.8 Å². The van der Waals surface area contributed by atoms with E-state index in [1.54, 1.807) is 0 Å². The molecular formula is C57H38N4Pt. The van der Waals surface area contributed by atoms with E-state index in [0.717, 1.165) is 89.9 Å². The largest absolute Gasteiger partial charge is 2.00 e. The van der Waals surface area contributed by atoms with Crippen LogP contribution in [0, 0.1) is 5.92 Å². The molecule has 2 unspecified atom stereocenters. The summed E-state index contributed by atoms with van der Waals surface area (Å²) in [5.74, 6) is 0.318. The first-order valence-electron chi connectivity index (χ1n) is 21.3. The van der Waals surface area contributed by atoms with E-state index >= 15 is 0 Å². The Labute approximate surface area is 375 Å². The summed E-state index contributed by atoms with van der Waals surface area (Å²) in [7, 11) is 0. The standard InChI is InChI=1S/C57H38N4.Pt/c1-35-15-12-26-46-53(35)42-22-8-11-25-45(42)57(46)52-30-14-28-48(59-52)54-38-18-4-2-16-36(38)31-33-49(54)60-56(43-23-9-6-20-40(43)41-21-7-10-24-44(41)56)51-29-13-27-47(58-51)55-39-19-5-3-17-37(39)32-34-50(55)61-57;/h2-14,16-35H,15H2,1H3;/q-2;+2. The summed E-state index contributed by atoms with van der Waals surface area (Å²) in [6.45, 7) is 2.34. The number of nitrogens with zero attached hydrogens (tertiary/aromatic N) is 4. The first-order valence-corrected chi connectivity index (χ1v) is 21.3. The third kappa shape index (κ3) is 4.99. The van der Waals surface area contributed by atoms with Gasteiger partial charge in [-0.25, -0.2) is 0 Å². The van der Waals surface area contributed by atoms with Gasteiger partial charge >= 0.3 is 21.1 Å². The van der Waals surface area contributed by atoms with E-state index in [-0.39, 0.29) is 21.1 Å². The maximum Gasteiger partial charge on any atom is 2.00 e. The second-order valence-electron chi connectivity index (χ2n) is 16.8. The second-order valence-corrected chi connectivity index (χ2v) is 16.8. The molecule has 0 amide bonds. The van der Waals surface area contributed by atoms with Crippen LogP contribution in [-0.2, 0) is 32.1 Å². The zero-order chi connectivity index (χ0) is 40.3. The van der Waals surface area contributed by atoms with Crippen LogP contribution in [0.2, 0.25) is 0 Å². The minimum atomic E-state index is -0.974. The van der Waals surface area contributed by atoms with Gasteiger partial charge < -0.3 is 10.6 Å². The van der Waals surface area contributed by atoms with Gasteiger partial charge in [-0.3, -0.25) is 9.97 Å². The van der Waals surface area contributed by atoms with Crippen molar-refractivity contribution in [2.24, 2.45) is 5.92 Å². The summed E-state index contributed by atoms with van der Waals surface area (Å²) >= 11 is 0. The summed E-state index contributed by atoms with van der Waals surface area (Å²) in [6, 6.07) is 65.3. The van der Waals surface area contributed by atoms with Gasteiger partial charge in [-0.2, -0.15) is 0 Å². The summed E-state index contributed by atoms with van der Waals surface area (Å²) in [6.07, 6.45) is 5.63. The fourth-order valence-corrected chi connectivity index (χ4v) is 11.0. The Morgan fingerprint density at radius 2 is 0.935 bits per heavy atom. The molecule has 5 heteroatoms. The summed E-state index contributed by atoms with van der Waals surface area (Å²) in [4.78, 5) is 11.6. The molecule has 3 heterocycles. The van der Waals surface area contributed by atoms with Crippen molar-refractivity contribution in [3.63, 3.8) is 0 Å². The second kappa shape index (κ2) is 13.8. The SMILES string of the molecule is CC1CC=CC2=C1c1ccccc1C21[N-]c2ccc3ccccc3c2-c2cccc(n2)C2([N-]c3ccc4ccccc4c3-c3cccc1n3)c1ccccc1-c1ccccc12.[Pt+2]. The molecule has 4 bridgehead atoms. The number of pyridine rings is 2. The number of allylic oxidation sites excluding steroid dienone is 2. The van der Waals surface area contributed by atoms with Crippen LogP contribution in [0.1, 0.15) is 47.0 Å². The van der Waals surface area contributed by atoms with Crippen molar-refractivity contribution in [3.8, 4) is 33.6 Å². The Morgan fingerprint density at radius 1 is 0.468 bits per heavy atom. The maximum absolute atomic E-state index is 6.14. The van der Waals surface area contributed by atoms with Gasteiger partial charge in [-0.1, -0.05) is 177 Å². The Balaban J connectivity index is 0.00000410. The summed E-state index contributed by atoms with van der Waals surface area (Å²) in [5, 5.41) is 16.7. The quantitative estimate of drug-likeness (QED) is 0.152. The molecule has 13 rings (SSSR count). The van der Waals surface area contributed by atoms with Gasteiger partial charge in [0.2, 0.25) is 0 Å². The van der Waals surface area contributed by atoms with Gasteiger partial charge in [0, 0.05) is 11.4 Å². The van der Waals surface area contributed by atoms with E-state index < -0.39 is 11.1 Å².